The van der Waals surface area contributed by atoms with E-state index in [2.05, 4.69) is 21.2 Å². The largest absolute Gasteiger partial charge is 0.457 e. The van der Waals surface area contributed by atoms with Crippen molar-refractivity contribution >= 4 is 23.4 Å². The van der Waals surface area contributed by atoms with Gasteiger partial charge in [-0.2, -0.15) is 5.26 Å². The Morgan fingerprint density at radius 2 is 1.63 bits per heavy atom. The zero-order valence-corrected chi connectivity index (χ0v) is 22.3. The number of carbonyl (C=O) groups is 3. The Morgan fingerprint density at radius 1 is 0.951 bits per heavy atom. The van der Waals surface area contributed by atoms with Gasteiger partial charge in [-0.3, -0.25) is 24.6 Å². The number of nitriles is 1. The molecule has 3 aromatic rings. The highest BCUT2D eigenvalue weighted by molar-refractivity contribution is 6.06. The first kappa shape index (κ1) is 26.5. The van der Waals surface area contributed by atoms with Gasteiger partial charge in [0.1, 0.15) is 23.4 Å². The van der Waals surface area contributed by atoms with Crippen LogP contribution >= 0.6 is 0 Å². The average Bonchev–Trinajstić information content (AvgIpc) is 3.30. The van der Waals surface area contributed by atoms with Crippen molar-refractivity contribution in [2.45, 2.75) is 32.0 Å². The Balaban J connectivity index is 1.08. The van der Waals surface area contributed by atoms with Crippen LogP contribution in [0.25, 0.3) is 0 Å². The van der Waals surface area contributed by atoms with E-state index in [-0.39, 0.29) is 36.8 Å². The number of fused-ring (bicyclic) bond motifs is 1. The monoisotopic (exact) mass is 553 g/mol. The SMILES string of the molecule is N#Cc1ccc(Oc2ccc(CN3CCN(c4cc(F)cc5c4CN(C4CCC(=O)NC4=O)C5=O)CC3)cc2)cc1. The number of piperazine rings is 1. The van der Waals surface area contributed by atoms with Crippen LogP contribution in [0.2, 0.25) is 0 Å². The van der Waals surface area contributed by atoms with E-state index in [1.54, 1.807) is 24.3 Å². The van der Waals surface area contributed by atoms with Gasteiger partial charge in [-0.05, 0) is 60.5 Å². The van der Waals surface area contributed by atoms with Gasteiger partial charge in [-0.1, -0.05) is 12.1 Å². The summed E-state index contributed by atoms with van der Waals surface area (Å²) in [6, 6.07) is 18.9. The summed E-state index contributed by atoms with van der Waals surface area (Å²) >= 11 is 0. The third kappa shape index (κ3) is 5.49. The van der Waals surface area contributed by atoms with E-state index in [0.717, 1.165) is 30.8 Å². The molecule has 2 saturated heterocycles. The number of halogens is 1. The van der Waals surface area contributed by atoms with Crippen LogP contribution in [0.5, 0.6) is 11.5 Å². The van der Waals surface area contributed by atoms with Crippen molar-refractivity contribution in [3.8, 4) is 17.6 Å². The molecule has 3 amide bonds. The molecule has 0 bridgehead atoms. The van der Waals surface area contributed by atoms with Crippen LogP contribution in [0, 0.1) is 17.1 Å². The first-order chi connectivity index (χ1) is 19.9. The fraction of sp³-hybridized carbons (Fsp3) is 0.290. The van der Waals surface area contributed by atoms with Gasteiger partial charge in [0.05, 0.1) is 11.6 Å². The molecule has 6 rings (SSSR count). The van der Waals surface area contributed by atoms with Crippen LogP contribution in [-0.2, 0) is 22.7 Å². The topological polar surface area (TPSA) is 106 Å². The van der Waals surface area contributed by atoms with Gasteiger partial charge in [0.15, 0.2) is 0 Å². The second kappa shape index (κ2) is 11.0. The summed E-state index contributed by atoms with van der Waals surface area (Å²) in [7, 11) is 0. The fourth-order valence-electron chi connectivity index (χ4n) is 5.69. The minimum atomic E-state index is -0.735. The molecule has 0 saturated carbocycles. The number of carbonyl (C=O) groups excluding carboxylic acids is 3. The molecule has 0 radical (unpaired) electrons. The summed E-state index contributed by atoms with van der Waals surface area (Å²) in [5.41, 5.74) is 3.43. The number of hydrogen-bond acceptors (Lipinski definition) is 7. The molecule has 1 atom stereocenters. The van der Waals surface area contributed by atoms with Gasteiger partial charge >= 0.3 is 0 Å². The van der Waals surface area contributed by atoms with Crippen molar-refractivity contribution in [2.75, 3.05) is 31.1 Å². The van der Waals surface area contributed by atoms with E-state index in [9.17, 15) is 18.8 Å². The lowest BCUT2D eigenvalue weighted by molar-refractivity contribution is -0.136. The van der Waals surface area contributed by atoms with Crippen molar-refractivity contribution in [3.05, 3.63) is 88.7 Å². The predicted octanol–water partition coefficient (Wildman–Crippen LogP) is 3.57. The predicted molar refractivity (Wildman–Crippen MR) is 148 cm³/mol. The second-order valence-corrected chi connectivity index (χ2v) is 10.5. The molecule has 1 N–H and O–H groups in total. The standard InChI is InChI=1S/C31H28FN5O4/c32-22-15-25-26(19-37(31(25)40)27-9-10-29(38)34-30(27)39)28(16-22)36-13-11-35(12-14-36)18-21-3-7-24(8-4-21)41-23-5-1-20(17-33)2-6-23/h1-8,15-16,27H,9-14,18-19H2,(H,34,38,39). The zero-order valence-electron chi connectivity index (χ0n) is 22.3. The summed E-state index contributed by atoms with van der Waals surface area (Å²) in [6.45, 7) is 3.84. The van der Waals surface area contributed by atoms with Crippen molar-refractivity contribution in [3.63, 3.8) is 0 Å². The maximum absolute atomic E-state index is 14.7. The number of amides is 3. The minimum Gasteiger partial charge on any atom is -0.457 e. The first-order valence-corrected chi connectivity index (χ1v) is 13.6. The maximum atomic E-state index is 14.7. The summed E-state index contributed by atoms with van der Waals surface area (Å²) in [5.74, 6) is -0.300. The molecular formula is C31H28FN5O4. The van der Waals surface area contributed by atoms with E-state index < -0.39 is 17.8 Å². The number of anilines is 1. The Morgan fingerprint density at radius 3 is 2.29 bits per heavy atom. The zero-order chi connectivity index (χ0) is 28.5. The molecule has 3 aliphatic rings. The number of piperidine rings is 1. The number of rotatable bonds is 6. The van der Waals surface area contributed by atoms with Crippen molar-refractivity contribution < 1.29 is 23.5 Å². The Labute approximate surface area is 236 Å². The quantitative estimate of drug-likeness (QED) is 0.465. The highest BCUT2D eigenvalue weighted by Crippen LogP contribution is 2.35. The molecule has 0 aromatic heterocycles. The van der Waals surface area contributed by atoms with Crippen molar-refractivity contribution in [1.82, 2.24) is 15.1 Å². The Kier molecular flexibility index (Phi) is 7.12. The highest BCUT2D eigenvalue weighted by Gasteiger charge is 2.41. The second-order valence-electron chi connectivity index (χ2n) is 10.5. The number of ether oxygens (including phenoxy) is 1. The van der Waals surface area contributed by atoms with Gasteiger partial charge in [-0.15, -0.1) is 0 Å². The molecule has 0 spiro atoms. The molecule has 1 unspecified atom stereocenters. The van der Waals surface area contributed by atoms with Crippen LogP contribution < -0.4 is 15.0 Å². The third-order valence-electron chi connectivity index (χ3n) is 7.86. The Bertz CT molecular complexity index is 1540. The number of imide groups is 1. The fourth-order valence-corrected chi connectivity index (χ4v) is 5.69. The third-order valence-corrected chi connectivity index (χ3v) is 7.86. The van der Waals surface area contributed by atoms with E-state index >= 15 is 0 Å². The Hall–Kier alpha value is -4.75. The van der Waals surface area contributed by atoms with Crippen LogP contribution in [0.4, 0.5) is 10.1 Å². The minimum absolute atomic E-state index is 0.173. The van der Waals surface area contributed by atoms with Gasteiger partial charge in [-0.25, -0.2) is 4.39 Å². The summed E-state index contributed by atoms with van der Waals surface area (Å²) < 4.78 is 20.5. The molecule has 208 valence electrons. The van der Waals surface area contributed by atoms with Crippen molar-refractivity contribution in [1.29, 1.82) is 5.26 Å². The lowest BCUT2D eigenvalue weighted by Crippen LogP contribution is -2.52. The molecule has 41 heavy (non-hydrogen) atoms. The van der Waals surface area contributed by atoms with E-state index in [4.69, 9.17) is 10.00 Å². The molecule has 2 fully saturated rings. The van der Waals surface area contributed by atoms with Gasteiger partial charge < -0.3 is 14.5 Å². The lowest BCUT2D eigenvalue weighted by atomic mass is 10.0. The normalized spacial score (nSPS) is 19.1. The van der Waals surface area contributed by atoms with Gasteiger partial charge in [0.2, 0.25) is 11.8 Å². The van der Waals surface area contributed by atoms with Gasteiger partial charge in [0.25, 0.3) is 5.91 Å². The number of hydrogen-bond donors (Lipinski definition) is 1. The average molecular weight is 554 g/mol. The van der Waals surface area contributed by atoms with Crippen LogP contribution in [0.1, 0.15) is 39.9 Å². The van der Waals surface area contributed by atoms with Crippen LogP contribution in [0.15, 0.2) is 60.7 Å². The molecule has 3 aliphatic heterocycles. The molecule has 0 aliphatic carbocycles. The molecular weight excluding hydrogens is 525 g/mol. The summed E-state index contributed by atoms with van der Waals surface area (Å²) in [4.78, 5) is 43.0. The first-order valence-electron chi connectivity index (χ1n) is 13.6. The van der Waals surface area contributed by atoms with Crippen LogP contribution in [-0.4, -0.2) is 59.7 Å². The maximum Gasteiger partial charge on any atom is 0.255 e. The highest BCUT2D eigenvalue weighted by atomic mass is 19.1. The number of nitrogens with one attached hydrogen (secondary N) is 1. The van der Waals surface area contributed by atoms with E-state index in [0.29, 0.717) is 35.8 Å². The number of nitrogens with zero attached hydrogens (tertiary/aromatic N) is 4. The van der Waals surface area contributed by atoms with E-state index in [1.165, 1.54) is 17.0 Å². The lowest BCUT2D eigenvalue weighted by Gasteiger charge is -2.37. The molecule has 3 aromatic carbocycles. The molecule has 3 heterocycles. The summed E-state index contributed by atoms with van der Waals surface area (Å²) in [6.07, 6.45) is 0.440. The van der Waals surface area contributed by atoms with Crippen molar-refractivity contribution in [2.24, 2.45) is 0 Å². The summed E-state index contributed by atoms with van der Waals surface area (Å²) in [5, 5.41) is 11.2. The number of benzene rings is 3. The smallest absolute Gasteiger partial charge is 0.255 e. The van der Waals surface area contributed by atoms with Gasteiger partial charge in [0, 0.05) is 62.5 Å². The molecule has 9 nitrogen and oxygen atoms in total. The van der Waals surface area contributed by atoms with E-state index in [1.807, 2.05) is 24.3 Å². The molecule has 10 heteroatoms. The van der Waals surface area contributed by atoms with Crippen LogP contribution in [0.3, 0.4) is 0 Å².